The Morgan fingerprint density at radius 2 is 0.545 bits per heavy atom. The zero-order chi connectivity index (χ0) is 72.5. The van der Waals surface area contributed by atoms with E-state index in [-0.39, 0.29) is 16.5 Å². The summed E-state index contributed by atoms with van der Waals surface area (Å²) >= 11 is 0. The minimum atomic E-state index is 0. The van der Waals surface area contributed by atoms with Crippen molar-refractivity contribution in [1.82, 2.24) is 0 Å². The van der Waals surface area contributed by atoms with Crippen molar-refractivity contribution in [2.45, 2.75) is 479 Å². The van der Waals surface area contributed by atoms with Gasteiger partial charge in [-0.05, 0) is 125 Å². The van der Waals surface area contributed by atoms with Gasteiger partial charge >= 0.3 is 16.5 Å². The van der Waals surface area contributed by atoms with E-state index in [1.807, 2.05) is 0 Å². The summed E-state index contributed by atoms with van der Waals surface area (Å²) in [6, 6.07) is 18.5. The summed E-state index contributed by atoms with van der Waals surface area (Å²) in [6.45, 7) is 26.1. The van der Waals surface area contributed by atoms with Crippen molar-refractivity contribution in [1.29, 1.82) is 0 Å². The molecular formula is C98H174N2Ni. The molecule has 0 aromatic heterocycles. The second-order valence-electron chi connectivity index (χ2n) is 31.4. The molecule has 2 unspecified atom stereocenters. The number of aryl methyl sites for hydroxylation is 2. The van der Waals surface area contributed by atoms with Crippen LogP contribution >= 0.6 is 0 Å². The van der Waals surface area contributed by atoms with Crippen molar-refractivity contribution in [2.24, 2.45) is 11.8 Å². The van der Waals surface area contributed by atoms with Crippen LogP contribution in [0.4, 0.5) is 0 Å². The SMILES string of the molecule is CCCCCCCCCCCCCCCC=CCC(CCCCCC)CCc1ccccc1C1=C(CCCC)C(CCCCCC)=C(c2ccccc2CCC(CC=CCCCCCCCCCCCCCCC)CCCCCC)[N+]1=[N-].[CH2-]CCCCCCCC.[CH2-]CCCCCCCC.[Ni+2]. The summed E-state index contributed by atoms with van der Waals surface area (Å²) in [5.74, 6) is 1.39. The largest absolute Gasteiger partial charge is 2.00 e. The summed E-state index contributed by atoms with van der Waals surface area (Å²) in [5.41, 5.74) is 23.4. The summed E-state index contributed by atoms with van der Waals surface area (Å²) < 4.78 is 1.72. The molecule has 3 heteroatoms. The first-order chi connectivity index (χ1) is 49.4. The third-order valence-electron chi connectivity index (χ3n) is 22.0. The minimum absolute atomic E-state index is 0. The molecule has 0 radical (unpaired) electrons. The predicted molar refractivity (Wildman–Crippen MR) is 455 cm³/mol. The Kier molecular flexibility index (Phi) is 75.2. The minimum Gasteiger partial charge on any atom is -0.493 e. The normalized spacial score (nSPS) is 13.0. The molecule has 1 aliphatic rings. The Hall–Kier alpha value is -2.51. The Labute approximate surface area is 645 Å². The molecule has 0 fully saturated rings. The van der Waals surface area contributed by atoms with Gasteiger partial charge in [-0.2, -0.15) is 12.8 Å². The fraction of sp³-hybridized carbons (Fsp3) is 0.776. The van der Waals surface area contributed by atoms with Crippen LogP contribution in [0.2, 0.25) is 0 Å². The van der Waals surface area contributed by atoms with Gasteiger partial charge in [-0.25, -0.2) is 4.70 Å². The van der Waals surface area contributed by atoms with Crippen molar-refractivity contribution in [2.75, 3.05) is 0 Å². The van der Waals surface area contributed by atoms with Crippen LogP contribution in [0.1, 0.15) is 489 Å². The number of allylic oxidation sites excluding steroid dienone is 6. The van der Waals surface area contributed by atoms with Gasteiger partial charge in [0.25, 0.3) is 0 Å². The van der Waals surface area contributed by atoms with E-state index in [1.54, 1.807) is 4.70 Å². The molecule has 0 saturated heterocycles. The molecular weight excluding hydrogens is 1260 g/mol. The van der Waals surface area contributed by atoms with E-state index in [0.29, 0.717) is 11.8 Å². The number of unbranched alkanes of at least 4 members (excludes halogenated alkanes) is 48. The van der Waals surface area contributed by atoms with E-state index in [9.17, 15) is 5.53 Å². The monoisotopic (exact) mass is 1440 g/mol. The smallest absolute Gasteiger partial charge is 0.493 e. The quantitative estimate of drug-likeness (QED) is 0.0207. The van der Waals surface area contributed by atoms with Gasteiger partial charge in [-0.3, -0.25) is 0 Å². The molecule has 0 amide bonds. The predicted octanol–water partition coefficient (Wildman–Crippen LogP) is 35.1. The molecule has 2 atom stereocenters. The van der Waals surface area contributed by atoms with Crippen LogP contribution in [0, 0.1) is 25.7 Å². The van der Waals surface area contributed by atoms with E-state index in [4.69, 9.17) is 0 Å². The second-order valence-corrected chi connectivity index (χ2v) is 31.4. The maximum atomic E-state index is 13.1. The van der Waals surface area contributed by atoms with Crippen molar-refractivity contribution < 1.29 is 21.2 Å². The van der Waals surface area contributed by atoms with Crippen LogP contribution in [0.3, 0.4) is 0 Å². The molecule has 2 aromatic carbocycles. The van der Waals surface area contributed by atoms with E-state index in [0.717, 1.165) is 62.8 Å². The van der Waals surface area contributed by atoms with Crippen LogP contribution in [-0.4, -0.2) is 4.70 Å². The second kappa shape index (κ2) is 77.1. The first-order valence-electron chi connectivity index (χ1n) is 45.4. The Bertz CT molecular complexity index is 2170. The summed E-state index contributed by atoms with van der Waals surface area (Å²) in [5, 5.41) is 0. The van der Waals surface area contributed by atoms with Crippen molar-refractivity contribution >= 4 is 11.4 Å². The van der Waals surface area contributed by atoms with Crippen LogP contribution < -0.4 is 0 Å². The third kappa shape index (κ3) is 54.7. The molecule has 0 aliphatic carbocycles. The zero-order valence-corrected chi connectivity index (χ0v) is 70.4. The summed E-state index contributed by atoms with van der Waals surface area (Å²) in [7, 11) is 0. The maximum Gasteiger partial charge on any atom is 2.00 e. The molecule has 3 rings (SSSR count). The van der Waals surface area contributed by atoms with Crippen molar-refractivity contribution in [3.63, 3.8) is 0 Å². The van der Waals surface area contributed by atoms with E-state index in [1.165, 1.54) is 406 Å². The van der Waals surface area contributed by atoms with Crippen molar-refractivity contribution in [3.8, 4) is 0 Å². The molecule has 0 bridgehead atoms. The number of hydrogen-bond acceptors (Lipinski definition) is 0. The molecule has 586 valence electrons. The van der Waals surface area contributed by atoms with Crippen LogP contribution in [-0.2, 0) is 29.3 Å². The van der Waals surface area contributed by atoms with E-state index < -0.39 is 0 Å². The maximum absolute atomic E-state index is 13.1. The van der Waals surface area contributed by atoms with Gasteiger partial charge in [-0.1, -0.05) is 437 Å². The van der Waals surface area contributed by atoms with Gasteiger partial charge in [0.2, 0.25) is 11.4 Å². The van der Waals surface area contributed by atoms with E-state index >= 15 is 0 Å². The molecule has 101 heavy (non-hydrogen) atoms. The van der Waals surface area contributed by atoms with Crippen LogP contribution in [0.15, 0.2) is 84.0 Å². The molecule has 1 heterocycles. The molecule has 0 spiro atoms. The molecule has 0 saturated carbocycles. The van der Waals surface area contributed by atoms with Gasteiger partial charge in [0.1, 0.15) is 0 Å². The Morgan fingerprint density at radius 1 is 0.287 bits per heavy atom. The molecule has 1 aliphatic heterocycles. The van der Waals surface area contributed by atoms with Gasteiger partial charge in [0.05, 0.1) is 0 Å². The van der Waals surface area contributed by atoms with Gasteiger partial charge in [0.15, 0.2) is 0 Å². The van der Waals surface area contributed by atoms with Crippen LogP contribution in [0.25, 0.3) is 16.9 Å². The first kappa shape index (κ1) is 98.5. The van der Waals surface area contributed by atoms with Crippen LogP contribution in [0.5, 0.6) is 0 Å². The topological polar surface area (TPSA) is 25.3 Å². The standard InChI is InChI=1S/C80H136N2.2C9H19.Ni/c1-7-13-19-24-26-28-30-32-34-36-38-40-42-44-46-50-59-71(57-48-21-15-9-3)67-69-73-61-53-55-64-75(73)79-77(63-18-12-6)78(66-52-23-17-11-5)80(82(79)81)76-65-56-54-62-74(76)70-68-72(58-49-22-16-10-4)60-51-47-45-43-41-39-37-35-33-31-29-27-25-20-14-8-2;2*1-3-5-7-9-8-6-4-2;/h46-47,50-51,53-56,61-62,64-65,71-72H,7-45,48-49,52,57-60,63,66-70H2,1-6H3;2*1,3-9H2,2H3;/q;2*-1;+2. The van der Waals surface area contributed by atoms with Gasteiger partial charge in [-0.15, -0.1) is 0 Å². The molecule has 2 aromatic rings. The molecule has 2 nitrogen and oxygen atoms in total. The zero-order valence-electron chi connectivity index (χ0n) is 69.4. The third-order valence-corrected chi connectivity index (χ3v) is 22.0. The van der Waals surface area contributed by atoms with Crippen molar-refractivity contribution in [3.05, 3.63) is 126 Å². The molecule has 0 N–H and O–H groups in total. The Morgan fingerprint density at radius 3 is 0.851 bits per heavy atom. The van der Waals surface area contributed by atoms with Gasteiger partial charge in [0, 0.05) is 22.3 Å². The number of benzene rings is 2. The fourth-order valence-electron chi connectivity index (χ4n) is 15.3. The van der Waals surface area contributed by atoms with E-state index in [2.05, 4.69) is 142 Å². The summed E-state index contributed by atoms with van der Waals surface area (Å²) in [4.78, 5) is 0. The number of nitrogens with zero attached hydrogens (tertiary/aromatic N) is 2. The fourth-order valence-corrected chi connectivity index (χ4v) is 15.3. The average molecular weight is 1440 g/mol. The summed E-state index contributed by atoms with van der Waals surface area (Å²) in [6.07, 6.45) is 97.9. The number of rotatable bonds is 70. The number of hydrogen-bond donors (Lipinski definition) is 0. The average Bonchev–Trinajstić information content (AvgIpc) is 1.61. The van der Waals surface area contributed by atoms with Gasteiger partial charge < -0.3 is 19.4 Å². The first-order valence-corrected chi connectivity index (χ1v) is 45.4. The Balaban J connectivity index is 0.00000459.